The van der Waals surface area contributed by atoms with Crippen LogP contribution in [-0.2, 0) is 7.05 Å². The van der Waals surface area contributed by atoms with Crippen molar-refractivity contribution in [1.82, 2.24) is 9.78 Å². The van der Waals surface area contributed by atoms with Crippen LogP contribution in [0.1, 0.15) is 5.56 Å². The highest BCUT2D eigenvalue weighted by Crippen LogP contribution is 2.44. The minimum absolute atomic E-state index is 0.596. The van der Waals surface area contributed by atoms with Crippen molar-refractivity contribution in [2.75, 3.05) is 20.0 Å². The summed E-state index contributed by atoms with van der Waals surface area (Å²) in [5, 5.41) is 4.40. The molecule has 0 aliphatic heterocycles. The molecule has 2 N–H and O–H groups in total. The first-order valence-electron chi connectivity index (χ1n) is 5.70. The number of benzene rings is 1. The van der Waals surface area contributed by atoms with Crippen molar-refractivity contribution < 1.29 is 9.47 Å². The Labute approximate surface area is 120 Å². The number of hydrogen-bond acceptors (Lipinski definition) is 4. The lowest BCUT2D eigenvalue weighted by molar-refractivity contribution is 0.354. The second kappa shape index (κ2) is 5.13. The molecule has 0 aliphatic carbocycles. The zero-order valence-electron chi connectivity index (χ0n) is 11.3. The van der Waals surface area contributed by atoms with E-state index in [0.717, 1.165) is 21.3 Å². The number of nitrogen functional groups attached to an aromatic ring is 1. The van der Waals surface area contributed by atoms with Crippen molar-refractivity contribution in [2.24, 2.45) is 7.05 Å². The first-order valence-corrected chi connectivity index (χ1v) is 6.49. The summed E-state index contributed by atoms with van der Waals surface area (Å²) in [6, 6.07) is 3.79. The van der Waals surface area contributed by atoms with Gasteiger partial charge in [0.1, 0.15) is 5.82 Å². The van der Waals surface area contributed by atoms with Crippen molar-refractivity contribution in [3.8, 4) is 22.8 Å². The number of halogens is 1. The number of nitrogens with two attached hydrogens (primary N) is 1. The maximum Gasteiger partial charge on any atom is 0.175 e. The Kier molecular flexibility index (Phi) is 3.71. The SMILES string of the molecule is COc1c(Br)cc(C)c(-c2cc(N)n(C)n2)c1OC. The van der Waals surface area contributed by atoms with Gasteiger partial charge in [-0.05, 0) is 34.5 Å². The Hall–Kier alpha value is -1.69. The minimum atomic E-state index is 0.596. The molecule has 5 nitrogen and oxygen atoms in total. The van der Waals surface area contributed by atoms with Crippen LogP contribution in [0.5, 0.6) is 11.5 Å². The number of methoxy groups -OCH3 is 2. The van der Waals surface area contributed by atoms with Gasteiger partial charge in [0, 0.05) is 13.1 Å². The Balaban J connectivity index is 2.75. The molecule has 1 aromatic heterocycles. The van der Waals surface area contributed by atoms with Gasteiger partial charge in [-0.3, -0.25) is 4.68 Å². The Morgan fingerprint density at radius 1 is 1.21 bits per heavy atom. The molecule has 2 rings (SSSR count). The third kappa shape index (κ3) is 2.28. The largest absolute Gasteiger partial charge is 0.492 e. The zero-order chi connectivity index (χ0) is 14.2. The number of hydrogen-bond donors (Lipinski definition) is 1. The summed E-state index contributed by atoms with van der Waals surface area (Å²) in [7, 11) is 5.02. The number of aromatic nitrogens is 2. The van der Waals surface area contributed by atoms with Gasteiger partial charge in [-0.1, -0.05) is 0 Å². The lowest BCUT2D eigenvalue weighted by Gasteiger charge is -2.15. The van der Waals surface area contributed by atoms with Crippen molar-refractivity contribution in [2.45, 2.75) is 6.92 Å². The van der Waals surface area contributed by atoms with E-state index in [1.165, 1.54) is 0 Å². The van der Waals surface area contributed by atoms with E-state index in [0.29, 0.717) is 17.3 Å². The molecule has 0 aliphatic rings. The molecule has 102 valence electrons. The number of aryl methyl sites for hydroxylation is 2. The normalized spacial score (nSPS) is 10.6. The second-order valence-corrected chi connectivity index (χ2v) is 5.05. The number of rotatable bonds is 3. The summed E-state index contributed by atoms with van der Waals surface area (Å²) in [5.41, 5.74) is 8.52. The number of ether oxygens (including phenoxy) is 2. The first kappa shape index (κ1) is 13.7. The predicted molar refractivity (Wildman–Crippen MR) is 78.6 cm³/mol. The molecule has 0 fully saturated rings. The van der Waals surface area contributed by atoms with Crippen LogP contribution < -0.4 is 15.2 Å². The highest BCUT2D eigenvalue weighted by molar-refractivity contribution is 9.10. The Bertz CT molecular complexity index is 603. The van der Waals surface area contributed by atoms with Crippen LogP contribution >= 0.6 is 15.9 Å². The van der Waals surface area contributed by atoms with E-state index in [2.05, 4.69) is 21.0 Å². The zero-order valence-corrected chi connectivity index (χ0v) is 12.9. The van der Waals surface area contributed by atoms with E-state index in [1.807, 2.05) is 19.1 Å². The fraction of sp³-hybridized carbons (Fsp3) is 0.308. The molecule has 1 heterocycles. The van der Waals surface area contributed by atoms with E-state index in [9.17, 15) is 0 Å². The topological polar surface area (TPSA) is 62.3 Å². The highest BCUT2D eigenvalue weighted by atomic mass is 79.9. The molecule has 0 saturated heterocycles. The molecule has 19 heavy (non-hydrogen) atoms. The van der Waals surface area contributed by atoms with Crippen molar-refractivity contribution in [3.05, 3.63) is 22.2 Å². The molecule has 0 bridgehead atoms. The quantitative estimate of drug-likeness (QED) is 0.942. The average Bonchev–Trinajstić information content (AvgIpc) is 2.68. The molecule has 0 unspecified atom stereocenters. The summed E-state index contributed by atoms with van der Waals surface area (Å²) in [6.45, 7) is 1.99. The van der Waals surface area contributed by atoms with E-state index in [-0.39, 0.29) is 0 Å². The molecule has 0 amide bonds. The van der Waals surface area contributed by atoms with E-state index in [1.54, 1.807) is 25.9 Å². The smallest absolute Gasteiger partial charge is 0.175 e. The monoisotopic (exact) mass is 325 g/mol. The third-order valence-corrected chi connectivity index (χ3v) is 3.56. The van der Waals surface area contributed by atoms with Crippen LogP contribution in [0.15, 0.2) is 16.6 Å². The molecule has 2 aromatic rings. The van der Waals surface area contributed by atoms with Gasteiger partial charge in [0.25, 0.3) is 0 Å². The molecule has 1 aromatic carbocycles. The van der Waals surface area contributed by atoms with E-state index >= 15 is 0 Å². The van der Waals surface area contributed by atoms with Crippen LogP contribution in [0.2, 0.25) is 0 Å². The second-order valence-electron chi connectivity index (χ2n) is 4.19. The van der Waals surface area contributed by atoms with Crippen LogP contribution in [-0.4, -0.2) is 24.0 Å². The summed E-state index contributed by atoms with van der Waals surface area (Å²) in [5.74, 6) is 1.89. The Morgan fingerprint density at radius 2 is 1.84 bits per heavy atom. The highest BCUT2D eigenvalue weighted by Gasteiger charge is 2.20. The minimum Gasteiger partial charge on any atom is -0.492 e. The van der Waals surface area contributed by atoms with Gasteiger partial charge in [-0.2, -0.15) is 5.10 Å². The van der Waals surface area contributed by atoms with Gasteiger partial charge in [-0.25, -0.2) is 0 Å². The van der Waals surface area contributed by atoms with Crippen molar-refractivity contribution >= 4 is 21.7 Å². The number of nitrogens with zero attached hydrogens (tertiary/aromatic N) is 2. The lowest BCUT2D eigenvalue weighted by Crippen LogP contribution is -1.98. The summed E-state index contributed by atoms with van der Waals surface area (Å²) in [4.78, 5) is 0. The van der Waals surface area contributed by atoms with Gasteiger partial charge >= 0.3 is 0 Å². The van der Waals surface area contributed by atoms with Gasteiger partial charge in [0.05, 0.1) is 29.9 Å². The summed E-state index contributed by atoms with van der Waals surface area (Å²) >= 11 is 3.47. The summed E-state index contributed by atoms with van der Waals surface area (Å²) < 4.78 is 13.3. The molecule has 6 heteroatoms. The van der Waals surface area contributed by atoms with Crippen molar-refractivity contribution in [3.63, 3.8) is 0 Å². The Morgan fingerprint density at radius 3 is 2.32 bits per heavy atom. The fourth-order valence-electron chi connectivity index (χ4n) is 2.04. The third-order valence-electron chi connectivity index (χ3n) is 2.97. The molecular weight excluding hydrogens is 310 g/mol. The summed E-state index contributed by atoms with van der Waals surface area (Å²) in [6.07, 6.45) is 0. The van der Waals surface area contributed by atoms with Gasteiger partial charge in [-0.15, -0.1) is 0 Å². The fourth-order valence-corrected chi connectivity index (χ4v) is 2.72. The lowest BCUT2D eigenvalue weighted by atomic mass is 10.0. The average molecular weight is 326 g/mol. The van der Waals surface area contributed by atoms with Crippen LogP contribution in [0.3, 0.4) is 0 Å². The van der Waals surface area contributed by atoms with Crippen LogP contribution in [0.4, 0.5) is 5.82 Å². The number of anilines is 1. The molecule has 0 spiro atoms. The van der Waals surface area contributed by atoms with Gasteiger partial charge in [0.15, 0.2) is 11.5 Å². The van der Waals surface area contributed by atoms with E-state index < -0.39 is 0 Å². The first-order chi connectivity index (χ1) is 8.99. The maximum absolute atomic E-state index is 5.84. The maximum atomic E-state index is 5.84. The van der Waals surface area contributed by atoms with Crippen molar-refractivity contribution in [1.29, 1.82) is 0 Å². The standard InChI is InChI=1S/C13H16BrN3O2/c1-7-5-8(14)12(18-3)13(19-4)11(7)9-6-10(15)17(2)16-9/h5-6H,15H2,1-4H3. The predicted octanol–water partition coefficient (Wildman–Crippen LogP) is 2.76. The van der Waals surface area contributed by atoms with E-state index in [4.69, 9.17) is 15.2 Å². The molecule has 0 atom stereocenters. The molecule has 0 radical (unpaired) electrons. The van der Waals surface area contributed by atoms with Gasteiger partial charge < -0.3 is 15.2 Å². The van der Waals surface area contributed by atoms with Crippen LogP contribution in [0, 0.1) is 6.92 Å². The van der Waals surface area contributed by atoms with Gasteiger partial charge in [0.2, 0.25) is 0 Å². The molecule has 0 saturated carbocycles. The van der Waals surface area contributed by atoms with Crippen LogP contribution in [0.25, 0.3) is 11.3 Å². The molecular formula is C13H16BrN3O2.